The number of hydrogen-bond acceptors (Lipinski definition) is 6. The Morgan fingerprint density at radius 3 is 1.73 bits per heavy atom. The molecule has 0 aliphatic heterocycles. The van der Waals surface area contributed by atoms with E-state index in [4.69, 9.17) is 14.2 Å². The van der Waals surface area contributed by atoms with Gasteiger partial charge in [-0.05, 0) is 44.2 Å². The van der Waals surface area contributed by atoms with Crippen LogP contribution >= 0.6 is 0 Å². The third-order valence-electron chi connectivity index (χ3n) is 5.35. The molecule has 1 aliphatic carbocycles. The fraction of sp³-hybridized carbons (Fsp3) is 0.444. The van der Waals surface area contributed by atoms with Crippen molar-refractivity contribution in [1.82, 2.24) is 0 Å². The molecule has 6 heteroatoms. The molecule has 0 radical (unpaired) electrons. The molecule has 1 saturated carbocycles. The van der Waals surface area contributed by atoms with Crippen molar-refractivity contribution in [3.63, 3.8) is 0 Å². The van der Waals surface area contributed by atoms with Gasteiger partial charge in [-0.25, -0.2) is 0 Å². The van der Waals surface area contributed by atoms with Crippen LogP contribution in [0.3, 0.4) is 0 Å². The van der Waals surface area contributed by atoms with Crippen molar-refractivity contribution in [3.8, 4) is 0 Å². The minimum atomic E-state index is -1.38. The summed E-state index contributed by atoms with van der Waals surface area (Å²) in [6.07, 6.45) is 2.31. The predicted octanol–water partition coefficient (Wildman–Crippen LogP) is 4.85. The average molecular weight is 453 g/mol. The minimum Gasteiger partial charge on any atom is -0.461 e. The van der Waals surface area contributed by atoms with E-state index in [1.54, 1.807) is 20.8 Å². The molecule has 0 bridgehead atoms. The molecule has 33 heavy (non-hydrogen) atoms. The summed E-state index contributed by atoms with van der Waals surface area (Å²) in [5.41, 5.74) is 0.809. The van der Waals surface area contributed by atoms with Crippen molar-refractivity contribution < 1.29 is 28.6 Å². The number of hydrogen-bond donors (Lipinski definition) is 0. The van der Waals surface area contributed by atoms with Gasteiger partial charge in [0.15, 0.2) is 5.92 Å². The summed E-state index contributed by atoms with van der Waals surface area (Å²) in [6, 6.07) is 18.5. The fourth-order valence-corrected chi connectivity index (χ4v) is 3.53. The Kier molecular flexibility index (Phi) is 8.26. The van der Waals surface area contributed by atoms with Crippen LogP contribution < -0.4 is 0 Å². The first-order chi connectivity index (χ1) is 15.7. The number of ether oxygens (including phenoxy) is 3. The first-order valence-electron chi connectivity index (χ1n) is 11.4. The van der Waals surface area contributed by atoms with E-state index in [0.29, 0.717) is 6.42 Å². The Balaban J connectivity index is 1.78. The van der Waals surface area contributed by atoms with E-state index in [1.165, 1.54) is 0 Å². The molecule has 1 unspecified atom stereocenters. The second-order valence-electron chi connectivity index (χ2n) is 9.48. The van der Waals surface area contributed by atoms with E-state index in [1.807, 2.05) is 60.7 Å². The molecule has 0 spiro atoms. The van der Waals surface area contributed by atoms with Gasteiger partial charge in [0.05, 0.1) is 5.92 Å². The van der Waals surface area contributed by atoms with E-state index in [0.717, 1.165) is 24.0 Å². The molecule has 0 aromatic heterocycles. The average Bonchev–Trinajstić information content (AvgIpc) is 3.60. The van der Waals surface area contributed by atoms with Crippen LogP contribution in [0, 0.1) is 17.8 Å². The lowest BCUT2D eigenvalue weighted by molar-refractivity contribution is -0.178. The van der Waals surface area contributed by atoms with Crippen LogP contribution in [0.2, 0.25) is 0 Å². The smallest absolute Gasteiger partial charge is 0.321 e. The van der Waals surface area contributed by atoms with Gasteiger partial charge < -0.3 is 14.2 Å². The Labute approximate surface area is 195 Å². The van der Waals surface area contributed by atoms with Crippen molar-refractivity contribution in [2.75, 3.05) is 0 Å². The molecule has 2 atom stereocenters. The van der Waals surface area contributed by atoms with Crippen molar-refractivity contribution in [2.45, 2.75) is 58.8 Å². The lowest BCUT2D eigenvalue weighted by Crippen LogP contribution is -2.41. The maximum atomic E-state index is 13.1. The highest BCUT2D eigenvalue weighted by Gasteiger charge is 2.46. The van der Waals surface area contributed by atoms with E-state index in [2.05, 4.69) is 0 Å². The third-order valence-corrected chi connectivity index (χ3v) is 5.35. The van der Waals surface area contributed by atoms with Crippen LogP contribution in [0.1, 0.15) is 51.2 Å². The summed E-state index contributed by atoms with van der Waals surface area (Å²) in [4.78, 5) is 39.4. The van der Waals surface area contributed by atoms with Gasteiger partial charge in [-0.15, -0.1) is 0 Å². The molecule has 6 nitrogen and oxygen atoms in total. The van der Waals surface area contributed by atoms with Gasteiger partial charge in [0.2, 0.25) is 0 Å². The maximum Gasteiger partial charge on any atom is 0.321 e. The lowest BCUT2D eigenvalue weighted by atomic mass is 9.87. The van der Waals surface area contributed by atoms with Gasteiger partial charge in [0.1, 0.15) is 18.8 Å². The normalized spacial score (nSPS) is 15.2. The van der Waals surface area contributed by atoms with Crippen molar-refractivity contribution in [1.29, 1.82) is 0 Å². The van der Waals surface area contributed by atoms with Crippen LogP contribution in [0.5, 0.6) is 0 Å². The Hall–Kier alpha value is -3.15. The first kappa shape index (κ1) is 24.5. The summed E-state index contributed by atoms with van der Waals surface area (Å²) in [7, 11) is 0. The first-order valence-corrected chi connectivity index (χ1v) is 11.4. The predicted molar refractivity (Wildman–Crippen MR) is 123 cm³/mol. The van der Waals surface area contributed by atoms with Gasteiger partial charge in [-0.2, -0.15) is 0 Å². The molecule has 0 N–H and O–H groups in total. The van der Waals surface area contributed by atoms with Crippen molar-refractivity contribution >= 4 is 17.9 Å². The third kappa shape index (κ3) is 8.04. The number of benzene rings is 2. The van der Waals surface area contributed by atoms with Crippen LogP contribution in [-0.2, 0) is 41.8 Å². The topological polar surface area (TPSA) is 78.9 Å². The number of carbonyl (C=O) groups excluding carboxylic acids is 3. The Bertz CT molecular complexity index is 928. The van der Waals surface area contributed by atoms with Gasteiger partial charge in [0.25, 0.3) is 0 Å². The van der Waals surface area contributed by atoms with Gasteiger partial charge in [0, 0.05) is 0 Å². The SMILES string of the molecule is CC(C)(C)OC(=O)C(C(=O)OCc1ccccc1)[C@@H](CC1CC1)C(=O)OCc1ccccc1. The molecule has 1 aliphatic rings. The van der Waals surface area contributed by atoms with Gasteiger partial charge >= 0.3 is 17.9 Å². The lowest BCUT2D eigenvalue weighted by Gasteiger charge is -2.27. The molecular formula is C27H32O6. The summed E-state index contributed by atoms with van der Waals surface area (Å²) >= 11 is 0. The second kappa shape index (κ2) is 11.1. The highest BCUT2D eigenvalue weighted by molar-refractivity contribution is 5.99. The quantitative estimate of drug-likeness (QED) is 0.291. The molecule has 0 heterocycles. The molecule has 2 aromatic carbocycles. The zero-order chi connectivity index (χ0) is 23.8. The Morgan fingerprint density at radius 1 is 0.788 bits per heavy atom. The summed E-state index contributed by atoms with van der Waals surface area (Å²) < 4.78 is 16.5. The molecule has 176 valence electrons. The number of carbonyl (C=O) groups is 3. The van der Waals surface area contributed by atoms with Gasteiger partial charge in [-0.3, -0.25) is 14.4 Å². The van der Waals surface area contributed by atoms with Crippen LogP contribution in [0.25, 0.3) is 0 Å². The van der Waals surface area contributed by atoms with Crippen molar-refractivity contribution in [3.05, 3.63) is 71.8 Å². The molecule has 3 rings (SSSR count). The van der Waals surface area contributed by atoms with Crippen molar-refractivity contribution in [2.24, 2.45) is 17.8 Å². The monoisotopic (exact) mass is 452 g/mol. The highest BCUT2D eigenvalue weighted by Crippen LogP contribution is 2.39. The summed E-state index contributed by atoms with van der Waals surface area (Å²) in [5.74, 6) is -4.17. The molecule has 0 amide bonds. The Morgan fingerprint density at radius 2 is 1.27 bits per heavy atom. The van der Waals surface area contributed by atoms with Gasteiger partial charge in [-0.1, -0.05) is 73.5 Å². The number of esters is 3. The summed E-state index contributed by atoms with van der Waals surface area (Å²) in [6.45, 7) is 5.25. The standard InChI is InChI=1S/C27H32O6/c1-27(2,3)33-26(30)23(25(29)32-18-21-12-8-5-9-13-21)22(16-19-14-15-19)24(28)31-17-20-10-6-4-7-11-20/h4-13,19,22-23H,14-18H2,1-3H3/t22-,23?/m1/s1. The zero-order valence-corrected chi connectivity index (χ0v) is 19.5. The molecule has 0 saturated heterocycles. The molecule has 2 aromatic rings. The molecule has 1 fully saturated rings. The second-order valence-corrected chi connectivity index (χ2v) is 9.48. The largest absolute Gasteiger partial charge is 0.461 e. The number of rotatable bonds is 10. The van der Waals surface area contributed by atoms with Crippen LogP contribution in [0.15, 0.2) is 60.7 Å². The van der Waals surface area contributed by atoms with E-state index >= 15 is 0 Å². The summed E-state index contributed by atoms with van der Waals surface area (Å²) in [5, 5.41) is 0. The van der Waals surface area contributed by atoms with E-state index < -0.39 is 35.3 Å². The maximum absolute atomic E-state index is 13.1. The zero-order valence-electron chi connectivity index (χ0n) is 19.5. The van der Waals surface area contributed by atoms with Crippen LogP contribution in [0.4, 0.5) is 0 Å². The van der Waals surface area contributed by atoms with Crippen LogP contribution in [-0.4, -0.2) is 23.5 Å². The fourth-order valence-electron chi connectivity index (χ4n) is 3.53. The minimum absolute atomic E-state index is 0.00812. The van der Waals surface area contributed by atoms with E-state index in [9.17, 15) is 14.4 Å². The highest BCUT2D eigenvalue weighted by atomic mass is 16.6. The molecular weight excluding hydrogens is 420 g/mol. The van der Waals surface area contributed by atoms with E-state index in [-0.39, 0.29) is 19.1 Å².